The van der Waals surface area contributed by atoms with Crippen LogP contribution in [-0.2, 0) is 22.3 Å². The molecule has 0 spiro atoms. The molecular formula is C14H14Br2N2O2S. The van der Waals surface area contributed by atoms with Crippen LogP contribution in [0.5, 0.6) is 0 Å². The largest absolute Gasteiger partial charge is 0.326 e. The van der Waals surface area contributed by atoms with E-state index < -0.39 is 10.0 Å². The van der Waals surface area contributed by atoms with E-state index in [1.807, 2.05) is 18.2 Å². The standard InChI is InChI=1S/C14H14Br2N2O2S/c15-12-2-1-3-13(16)14(12)18-21(19,20)9-11-6-4-10(8-17)5-7-11/h1-7,18H,8-9,17H2. The van der Waals surface area contributed by atoms with Crippen LogP contribution in [-0.4, -0.2) is 8.42 Å². The monoisotopic (exact) mass is 432 g/mol. The minimum atomic E-state index is -3.49. The average molecular weight is 434 g/mol. The zero-order chi connectivity index (χ0) is 15.5. The van der Waals surface area contributed by atoms with Crippen LogP contribution in [0.1, 0.15) is 11.1 Å². The van der Waals surface area contributed by atoms with Crippen LogP contribution in [0.2, 0.25) is 0 Å². The Morgan fingerprint density at radius 3 is 2.00 bits per heavy atom. The summed E-state index contributed by atoms with van der Waals surface area (Å²) in [5, 5.41) is 0. The highest BCUT2D eigenvalue weighted by Gasteiger charge is 2.15. The van der Waals surface area contributed by atoms with E-state index in [-0.39, 0.29) is 5.75 Å². The predicted octanol–water partition coefficient (Wildman–Crippen LogP) is 3.61. The molecule has 0 aliphatic rings. The van der Waals surface area contributed by atoms with Crippen molar-refractivity contribution in [2.24, 2.45) is 5.73 Å². The molecule has 4 nitrogen and oxygen atoms in total. The third-order valence-electron chi connectivity index (χ3n) is 2.84. The number of hydrogen-bond acceptors (Lipinski definition) is 3. The summed E-state index contributed by atoms with van der Waals surface area (Å²) in [5.41, 5.74) is 7.70. The van der Waals surface area contributed by atoms with Gasteiger partial charge < -0.3 is 5.73 Å². The van der Waals surface area contributed by atoms with Gasteiger partial charge >= 0.3 is 0 Å². The van der Waals surface area contributed by atoms with Gasteiger partial charge in [-0.05, 0) is 55.1 Å². The van der Waals surface area contributed by atoms with Crippen molar-refractivity contribution in [3.8, 4) is 0 Å². The third-order valence-corrected chi connectivity index (χ3v) is 5.39. The van der Waals surface area contributed by atoms with Gasteiger partial charge in [0.2, 0.25) is 10.0 Å². The van der Waals surface area contributed by atoms with Gasteiger partial charge in [0.05, 0.1) is 11.4 Å². The third kappa shape index (κ3) is 4.54. The Hall–Kier alpha value is -0.890. The first-order chi connectivity index (χ1) is 9.91. The molecule has 3 N–H and O–H groups in total. The second-order valence-corrected chi connectivity index (χ2v) is 7.91. The van der Waals surface area contributed by atoms with Crippen LogP contribution in [0.4, 0.5) is 5.69 Å². The molecule has 0 atom stereocenters. The molecule has 0 amide bonds. The van der Waals surface area contributed by atoms with Gasteiger partial charge in [-0.15, -0.1) is 0 Å². The number of sulfonamides is 1. The van der Waals surface area contributed by atoms with Gasteiger partial charge in [-0.3, -0.25) is 4.72 Å². The van der Waals surface area contributed by atoms with Crippen LogP contribution in [0.15, 0.2) is 51.4 Å². The van der Waals surface area contributed by atoms with Crippen molar-refractivity contribution in [2.45, 2.75) is 12.3 Å². The summed E-state index contributed by atoms with van der Waals surface area (Å²) in [6, 6.07) is 12.6. The molecule has 0 bridgehead atoms. The van der Waals surface area contributed by atoms with E-state index in [1.54, 1.807) is 24.3 Å². The first kappa shape index (κ1) is 16.5. The lowest BCUT2D eigenvalue weighted by Gasteiger charge is -2.11. The number of benzene rings is 2. The Labute approximate surface area is 141 Å². The van der Waals surface area contributed by atoms with Crippen molar-refractivity contribution >= 4 is 47.6 Å². The molecule has 2 rings (SSSR count). The minimum absolute atomic E-state index is 0.0916. The Morgan fingerprint density at radius 2 is 1.48 bits per heavy atom. The van der Waals surface area contributed by atoms with Crippen LogP contribution in [0, 0.1) is 0 Å². The second kappa shape index (κ2) is 6.91. The van der Waals surface area contributed by atoms with Gasteiger partial charge in [-0.2, -0.15) is 0 Å². The molecule has 0 aliphatic carbocycles. The highest BCUT2D eigenvalue weighted by Crippen LogP contribution is 2.31. The number of hydrogen-bond donors (Lipinski definition) is 2. The summed E-state index contributed by atoms with van der Waals surface area (Å²) < 4.78 is 28.4. The molecule has 2 aromatic rings. The Kier molecular flexibility index (Phi) is 5.43. The summed E-state index contributed by atoms with van der Waals surface area (Å²) in [6.07, 6.45) is 0. The molecular weight excluding hydrogens is 420 g/mol. The van der Waals surface area contributed by atoms with Gasteiger partial charge in [-0.25, -0.2) is 8.42 Å². The van der Waals surface area contributed by atoms with Crippen molar-refractivity contribution in [1.29, 1.82) is 0 Å². The number of rotatable bonds is 5. The molecule has 2 aromatic carbocycles. The lowest BCUT2D eigenvalue weighted by molar-refractivity contribution is 0.600. The van der Waals surface area contributed by atoms with Crippen LogP contribution < -0.4 is 10.5 Å². The van der Waals surface area contributed by atoms with Crippen molar-refractivity contribution in [1.82, 2.24) is 0 Å². The molecule has 0 aromatic heterocycles. The summed E-state index contributed by atoms with van der Waals surface area (Å²) >= 11 is 6.67. The zero-order valence-electron chi connectivity index (χ0n) is 11.0. The van der Waals surface area contributed by atoms with Gasteiger partial charge in [0.25, 0.3) is 0 Å². The number of nitrogens with two attached hydrogens (primary N) is 1. The highest BCUT2D eigenvalue weighted by atomic mass is 79.9. The fraction of sp³-hybridized carbons (Fsp3) is 0.143. The summed E-state index contributed by atoms with van der Waals surface area (Å²) in [6.45, 7) is 0.440. The topological polar surface area (TPSA) is 72.2 Å². The quantitative estimate of drug-likeness (QED) is 0.756. The lowest BCUT2D eigenvalue weighted by atomic mass is 10.1. The Bertz CT molecular complexity index is 711. The van der Waals surface area contributed by atoms with E-state index in [0.29, 0.717) is 26.7 Å². The molecule has 0 fully saturated rings. The highest BCUT2D eigenvalue weighted by molar-refractivity contribution is 9.11. The van der Waals surface area contributed by atoms with Crippen molar-refractivity contribution in [3.63, 3.8) is 0 Å². The first-order valence-corrected chi connectivity index (χ1v) is 9.37. The Morgan fingerprint density at radius 1 is 0.952 bits per heavy atom. The molecule has 0 heterocycles. The molecule has 7 heteroatoms. The summed E-state index contributed by atoms with van der Waals surface area (Å²) in [7, 11) is -3.49. The number of anilines is 1. The molecule has 0 saturated heterocycles. The van der Waals surface area contributed by atoms with E-state index >= 15 is 0 Å². The number of halogens is 2. The van der Waals surface area contributed by atoms with Crippen LogP contribution >= 0.6 is 31.9 Å². The fourth-order valence-corrected chi connectivity index (χ4v) is 4.47. The van der Waals surface area contributed by atoms with Crippen LogP contribution in [0.25, 0.3) is 0 Å². The number of nitrogens with one attached hydrogen (secondary N) is 1. The van der Waals surface area contributed by atoms with Gasteiger partial charge in [0, 0.05) is 15.5 Å². The van der Waals surface area contributed by atoms with Gasteiger partial charge in [0.15, 0.2) is 0 Å². The maximum absolute atomic E-state index is 12.3. The van der Waals surface area contributed by atoms with E-state index in [9.17, 15) is 8.42 Å². The van der Waals surface area contributed by atoms with Crippen molar-refractivity contribution < 1.29 is 8.42 Å². The van der Waals surface area contributed by atoms with Gasteiger partial charge in [-0.1, -0.05) is 30.3 Å². The first-order valence-electron chi connectivity index (χ1n) is 6.13. The van der Waals surface area contributed by atoms with E-state index in [1.165, 1.54) is 0 Å². The number of para-hydroxylation sites is 1. The summed E-state index contributed by atoms with van der Waals surface area (Å²) in [5.74, 6) is -0.0916. The van der Waals surface area contributed by atoms with E-state index in [0.717, 1.165) is 5.56 Å². The molecule has 112 valence electrons. The average Bonchev–Trinajstić information content (AvgIpc) is 2.43. The van der Waals surface area contributed by atoms with Crippen molar-refractivity contribution in [2.75, 3.05) is 4.72 Å². The lowest BCUT2D eigenvalue weighted by Crippen LogP contribution is -2.15. The Balaban J connectivity index is 2.18. The smallest absolute Gasteiger partial charge is 0.236 e. The molecule has 21 heavy (non-hydrogen) atoms. The minimum Gasteiger partial charge on any atom is -0.326 e. The molecule has 0 aliphatic heterocycles. The maximum Gasteiger partial charge on any atom is 0.236 e. The normalized spacial score (nSPS) is 11.4. The molecule has 0 unspecified atom stereocenters. The molecule has 0 saturated carbocycles. The van der Waals surface area contributed by atoms with Crippen molar-refractivity contribution in [3.05, 3.63) is 62.5 Å². The van der Waals surface area contributed by atoms with E-state index in [2.05, 4.69) is 36.6 Å². The zero-order valence-corrected chi connectivity index (χ0v) is 15.0. The van der Waals surface area contributed by atoms with E-state index in [4.69, 9.17) is 5.73 Å². The maximum atomic E-state index is 12.3. The second-order valence-electron chi connectivity index (χ2n) is 4.48. The SMILES string of the molecule is NCc1ccc(CS(=O)(=O)Nc2c(Br)cccc2Br)cc1. The predicted molar refractivity (Wildman–Crippen MR) is 92.4 cm³/mol. The molecule has 0 radical (unpaired) electrons. The van der Waals surface area contributed by atoms with Crippen LogP contribution in [0.3, 0.4) is 0 Å². The summed E-state index contributed by atoms with van der Waals surface area (Å²) in [4.78, 5) is 0. The van der Waals surface area contributed by atoms with Gasteiger partial charge in [0.1, 0.15) is 0 Å². The fourth-order valence-electron chi connectivity index (χ4n) is 1.78.